The minimum atomic E-state index is -1.80. The van der Waals surface area contributed by atoms with E-state index in [0.29, 0.717) is 0 Å². The summed E-state index contributed by atoms with van der Waals surface area (Å²) in [4.78, 5) is 10.8. The van der Waals surface area contributed by atoms with Crippen molar-refractivity contribution in [3.05, 3.63) is 302 Å². The molecule has 0 fully saturated rings. The standard InChI is InChI=1S/C52H36S2Si.C50H36S2Si/c1-29-27-42(31-20-23-37-33-11-5-7-15-44(33)53-46-17-9-13-35(31)49(37)46)39-25-26-41-48(55(2,3)4)28-43(40-22-19-30(29)51(39)52(40)41)32-21-24-38-34-12-6-8-16-45(34)54-47-18-10-14-36(32)50(38)47;1-29-19-21-31-33-15-9-17-39-41(23-25-43(49(33)39)51-45(31)27-29)47-35-11-5-7-13-37(35)48(38-14-8-6-12-36(38)47)42-24-26-44-50-34(16-10-18-40(42)50)32-22-20-30(53(2,3)4)28-46(32)52-44/h5-28H,1-4H3;5-28H,1-4H3. The molecule has 108 heavy (non-hydrogen) atoms. The predicted molar refractivity (Wildman–Crippen MR) is 477 cm³/mol. The zero-order valence-electron chi connectivity index (χ0n) is 61.3. The fraction of sp³-hybridized carbons (Fsp3) is 0.0784. The van der Waals surface area contributed by atoms with Gasteiger partial charge in [-0.25, -0.2) is 0 Å². The Morgan fingerprint density at radius 2 is 0.528 bits per heavy atom. The van der Waals surface area contributed by atoms with Crippen LogP contribution in [0.25, 0.3) is 186 Å². The van der Waals surface area contributed by atoms with Crippen LogP contribution in [0.5, 0.6) is 0 Å². The maximum absolute atomic E-state index is 2.58. The Hall–Kier alpha value is -10.4. The lowest BCUT2D eigenvalue weighted by Gasteiger charge is -2.26. The van der Waals surface area contributed by atoms with E-state index in [2.05, 4.69) is 344 Å². The quantitative estimate of drug-likeness (QED) is 0.0924. The molecular weight excluding hydrogens is 1410 g/mol. The normalized spacial score (nSPS) is 13.2. The molecule has 0 N–H and O–H groups in total. The summed E-state index contributed by atoms with van der Waals surface area (Å²) in [5.41, 5.74) is 23.9. The van der Waals surface area contributed by atoms with Gasteiger partial charge in [0.15, 0.2) is 0 Å². The minimum Gasteiger partial charge on any atom is -0.0888 e. The maximum Gasteiger partial charge on any atom is 0.0784 e. The van der Waals surface area contributed by atoms with Crippen LogP contribution >= 0.6 is 47.0 Å². The van der Waals surface area contributed by atoms with Crippen molar-refractivity contribution < 1.29 is 0 Å². The van der Waals surface area contributed by atoms with Gasteiger partial charge in [-0.15, -0.1) is 0 Å². The van der Waals surface area contributed by atoms with Crippen LogP contribution in [0.3, 0.4) is 0 Å². The van der Waals surface area contributed by atoms with Gasteiger partial charge in [-0.1, -0.05) is 339 Å². The van der Waals surface area contributed by atoms with Crippen LogP contribution in [0.4, 0.5) is 0 Å². The van der Waals surface area contributed by atoms with Crippen molar-refractivity contribution in [2.45, 2.75) is 92.3 Å². The van der Waals surface area contributed by atoms with Gasteiger partial charge in [0.1, 0.15) is 0 Å². The zero-order valence-corrected chi connectivity index (χ0v) is 66.6. The van der Waals surface area contributed by atoms with Crippen molar-refractivity contribution in [2.24, 2.45) is 0 Å². The highest BCUT2D eigenvalue weighted by Crippen LogP contribution is 2.58. The highest BCUT2D eigenvalue weighted by atomic mass is 32.2. The van der Waals surface area contributed by atoms with Crippen molar-refractivity contribution in [3.8, 4) is 89.0 Å². The third-order valence-electron chi connectivity index (χ3n) is 23.8. The first-order valence-corrected chi connectivity index (χ1v) is 48.0. The first-order chi connectivity index (χ1) is 52.7. The average Bonchev–Trinajstić information content (AvgIpc) is 0.708. The molecule has 6 heteroatoms. The van der Waals surface area contributed by atoms with Crippen molar-refractivity contribution in [2.75, 3.05) is 0 Å². The molecule has 4 aliphatic rings. The van der Waals surface area contributed by atoms with Gasteiger partial charge in [0.05, 0.1) is 16.1 Å². The summed E-state index contributed by atoms with van der Waals surface area (Å²) in [5, 5.41) is 27.3. The lowest BCUT2D eigenvalue weighted by Crippen LogP contribution is -2.38. The number of benzene rings is 19. The molecule has 0 aromatic heterocycles. The van der Waals surface area contributed by atoms with E-state index in [0.717, 1.165) is 0 Å². The summed E-state index contributed by atoms with van der Waals surface area (Å²) in [6.07, 6.45) is 0. The van der Waals surface area contributed by atoms with Crippen LogP contribution in [0.15, 0.2) is 330 Å². The molecule has 0 bridgehead atoms. The molecule has 0 atom stereocenters. The smallest absolute Gasteiger partial charge is 0.0784 e. The highest BCUT2D eigenvalue weighted by molar-refractivity contribution is 8.00. The van der Waals surface area contributed by atoms with Gasteiger partial charge in [-0.05, 0) is 238 Å². The van der Waals surface area contributed by atoms with Crippen LogP contribution in [0, 0.1) is 13.8 Å². The van der Waals surface area contributed by atoms with Gasteiger partial charge in [0.25, 0.3) is 0 Å². The molecular formula is C102H72S4Si2. The van der Waals surface area contributed by atoms with Crippen LogP contribution in [0.2, 0.25) is 39.3 Å². The average molecular weight is 1480 g/mol. The molecule has 0 saturated carbocycles. The SMILES string of the molecule is Cc1cc(-c2ccc3c4c(cccc24)Sc2ccccc2-3)c2ccc3c([Si](C)(C)C)cc(-c4ccc5c6c(cccc46)Sc4ccccc4-5)c4ccc1c2c43.Cc1ccc2c(c1)Sc1ccc(-c3c4ccccc4c(-c4ccc5c6c(cccc46)-c4ccc([Si](C)(C)C)cc4S5)c4ccccc34)c3cccc-2c13. The van der Waals surface area contributed by atoms with Crippen LogP contribution < -0.4 is 10.4 Å². The summed E-state index contributed by atoms with van der Waals surface area (Å²) in [6.45, 7) is 19.3. The summed E-state index contributed by atoms with van der Waals surface area (Å²) in [5.74, 6) is 0. The molecule has 23 rings (SSSR count). The Morgan fingerprint density at radius 3 is 1.04 bits per heavy atom. The van der Waals surface area contributed by atoms with E-state index in [1.807, 2.05) is 47.0 Å². The lowest BCUT2D eigenvalue weighted by molar-refractivity contribution is 1.34. The van der Waals surface area contributed by atoms with Gasteiger partial charge >= 0.3 is 0 Å². The topological polar surface area (TPSA) is 0 Å². The van der Waals surface area contributed by atoms with E-state index in [9.17, 15) is 0 Å². The van der Waals surface area contributed by atoms with Gasteiger partial charge in [0, 0.05) is 60.7 Å². The molecule has 0 nitrogen and oxygen atoms in total. The summed E-state index contributed by atoms with van der Waals surface area (Å²) in [6, 6.07) is 112. The lowest BCUT2D eigenvalue weighted by atomic mass is 9.82. The second-order valence-corrected chi connectivity index (χ2v) is 46.5. The molecule has 0 unspecified atom stereocenters. The number of fused-ring (bicyclic) bond motifs is 10. The van der Waals surface area contributed by atoms with Gasteiger partial charge < -0.3 is 0 Å². The number of rotatable bonds is 6. The molecule has 19 aromatic carbocycles. The van der Waals surface area contributed by atoms with Crippen molar-refractivity contribution in [1.29, 1.82) is 0 Å². The second-order valence-electron chi connectivity index (χ2n) is 32.1. The fourth-order valence-electron chi connectivity index (χ4n) is 18.8. The molecule has 4 heterocycles. The van der Waals surface area contributed by atoms with E-state index < -0.39 is 16.1 Å². The molecule has 512 valence electrons. The Bertz CT molecular complexity index is 7170. The number of hydrogen-bond donors (Lipinski definition) is 0. The minimum absolute atomic E-state index is 1.29. The van der Waals surface area contributed by atoms with Crippen LogP contribution in [0.1, 0.15) is 11.1 Å². The van der Waals surface area contributed by atoms with E-state index in [-0.39, 0.29) is 0 Å². The van der Waals surface area contributed by atoms with E-state index in [1.165, 1.54) is 247 Å². The Labute approximate surface area is 648 Å². The third-order valence-corrected chi connectivity index (χ3v) is 32.4. The summed E-state index contributed by atoms with van der Waals surface area (Å²) >= 11 is 7.66. The predicted octanol–water partition coefficient (Wildman–Crippen LogP) is 30.1. The maximum atomic E-state index is 2.58. The number of hydrogen-bond acceptors (Lipinski definition) is 4. The molecule has 0 aliphatic carbocycles. The first-order valence-electron chi connectivity index (χ1n) is 37.8. The van der Waals surface area contributed by atoms with E-state index >= 15 is 0 Å². The Morgan fingerprint density at radius 1 is 0.194 bits per heavy atom. The summed E-state index contributed by atoms with van der Waals surface area (Å²) in [7, 11) is -3.23. The van der Waals surface area contributed by atoms with E-state index in [4.69, 9.17) is 0 Å². The fourth-order valence-corrected chi connectivity index (χ4v) is 26.4. The van der Waals surface area contributed by atoms with Gasteiger partial charge in [-0.3, -0.25) is 0 Å². The van der Waals surface area contributed by atoms with Crippen molar-refractivity contribution >= 4 is 171 Å². The molecule has 0 amide bonds. The van der Waals surface area contributed by atoms with Crippen molar-refractivity contribution in [3.63, 3.8) is 0 Å². The largest absolute Gasteiger partial charge is 0.0888 e. The Balaban J connectivity index is 0.000000134. The first kappa shape index (κ1) is 64.8. The third kappa shape index (κ3) is 9.66. The van der Waals surface area contributed by atoms with Crippen LogP contribution in [-0.2, 0) is 0 Å². The zero-order chi connectivity index (χ0) is 72.3. The molecule has 19 aromatic rings. The van der Waals surface area contributed by atoms with Gasteiger partial charge in [0.2, 0.25) is 0 Å². The molecule has 4 aliphatic heterocycles. The highest BCUT2D eigenvalue weighted by Gasteiger charge is 2.32. The Kier molecular flexibility index (Phi) is 14.4. The van der Waals surface area contributed by atoms with Gasteiger partial charge in [-0.2, -0.15) is 0 Å². The molecule has 0 saturated heterocycles. The molecule has 0 radical (unpaired) electrons. The molecule has 0 spiro atoms. The van der Waals surface area contributed by atoms with Crippen molar-refractivity contribution in [1.82, 2.24) is 0 Å². The van der Waals surface area contributed by atoms with Crippen LogP contribution in [-0.4, -0.2) is 16.1 Å². The van der Waals surface area contributed by atoms with E-state index in [1.54, 1.807) is 0 Å². The summed E-state index contributed by atoms with van der Waals surface area (Å²) < 4.78 is 0. The number of aryl methyl sites for hydroxylation is 2. The monoisotopic (exact) mass is 1480 g/mol. The second kappa shape index (κ2) is 24.1.